The lowest BCUT2D eigenvalue weighted by molar-refractivity contribution is 0.794. The summed E-state index contributed by atoms with van der Waals surface area (Å²) in [5, 5.41) is 10.5. The zero-order chi connectivity index (χ0) is 8.69. The molecule has 0 unspecified atom stereocenters. The first-order chi connectivity index (χ1) is 5.22. The Bertz CT molecular complexity index is 149. The summed E-state index contributed by atoms with van der Waals surface area (Å²) in [7, 11) is 3.50. The van der Waals surface area contributed by atoms with E-state index in [9.17, 15) is 0 Å². The van der Waals surface area contributed by atoms with E-state index in [1.165, 1.54) is 0 Å². The van der Waals surface area contributed by atoms with Crippen LogP contribution in [0, 0.1) is 5.92 Å². The summed E-state index contributed by atoms with van der Waals surface area (Å²) >= 11 is 0. The number of rotatable bonds is 3. The van der Waals surface area contributed by atoms with E-state index in [0.717, 1.165) is 5.84 Å². The molecule has 64 valence electrons. The minimum absolute atomic E-state index is 0.340. The van der Waals surface area contributed by atoms with Gasteiger partial charge in [-0.05, 0) is 7.05 Å². The minimum Gasteiger partial charge on any atom is -0.301 e. The summed E-state index contributed by atoms with van der Waals surface area (Å²) in [6.07, 6.45) is 0. The fraction of sp³-hybridized carbons (Fsp3) is 0.857. The van der Waals surface area contributed by atoms with Gasteiger partial charge in [0, 0.05) is 13.0 Å². The Hall–Kier alpha value is -0.770. The normalized spacial score (nSPS) is 13.4. The van der Waals surface area contributed by atoms with Crippen molar-refractivity contribution in [2.24, 2.45) is 21.1 Å². The molecule has 0 fully saturated rings. The SMILES string of the molecule is CN=NC(=NCNC)C(C)C. The number of hydrogen-bond donors (Lipinski definition) is 1. The Morgan fingerprint density at radius 3 is 2.45 bits per heavy atom. The molecule has 0 aromatic rings. The third-order valence-corrected chi connectivity index (χ3v) is 1.12. The van der Waals surface area contributed by atoms with Crippen molar-refractivity contribution < 1.29 is 0 Å². The topological polar surface area (TPSA) is 49.1 Å². The molecule has 0 spiro atoms. The highest BCUT2D eigenvalue weighted by Crippen LogP contribution is 1.98. The molecule has 0 rings (SSSR count). The van der Waals surface area contributed by atoms with Crippen molar-refractivity contribution in [1.82, 2.24) is 5.32 Å². The summed E-state index contributed by atoms with van der Waals surface area (Å²) in [6, 6.07) is 0. The molecular weight excluding hydrogens is 140 g/mol. The first-order valence-electron chi connectivity index (χ1n) is 3.71. The van der Waals surface area contributed by atoms with E-state index < -0.39 is 0 Å². The monoisotopic (exact) mass is 156 g/mol. The predicted octanol–water partition coefficient (Wildman–Crippen LogP) is 1.30. The second kappa shape index (κ2) is 5.97. The molecule has 0 aliphatic rings. The molecule has 4 nitrogen and oxygen atoms in total. The molecule has 0 heterocycles. The van der Waals surface area contributed by atoms with Crippen molar-refractivity contribution >= 4 is 5.84 Å². The number of hydrogen-bond acceptors (Lipinski definition) is 3. The summed E-state index contributed by atoms with van der Waals surface area (Å²) in [5.74, 6) is 1.13. The molecule has 0 bridgehead atoms. The molecule has 0 amide bonds. The molecule has 0 saturated heterocycles. The zero-order valence-electron chi connectivity index (χ0n) is 7.63. The van der Waals surface area contributed by atoms with Gasteiger partial charge in [0.1, 0.15) is 5.84 Å². The Labute approximate surface area is 67.8 Å². The summed E-state index contributed by atoms with van der Waals surface area (Å²) in [5.41, 5.74) is 0. The van der Waals surface area contributed by atoms with E-state index in [1.54, 1.807) is 7.05 Å². The van der Waals surface area contributed by atoms with Crippen molar-refractivity contribution in [2.75, 3.05) is 20.8 Å². The van der Waals surface area contributed by atoms with Gasteiger partial charge in [0.25, 0.3) is 0 Å². The average molecular weight is 156 g/mol. The number of aliphatic imine (C=N–C) groups is 1. The van der Waals surface area contributed by atoms with E-state index >= 15 is 0 Å². The number of amidine groups is 1. The van der Waals surface area contributed by atoms with Crippen LogP contribution < -0.4 is 5.32 Å². The smallest absolute Gasteiger partial charge is 0.149 e. The van der Waals surface area contributed by atoms with Gasteiger partial charge in [-0.2, -0.15) is 5.11 Å². The summed E-state index contributed by atoms with van der Waals surface area (Å²) in [4.78, 5) is 4.18. The van der Waals surface area contributed by atoms with Gasteiger partial charge in [0.2, 0.25) is 0 Å². The Morgan fingerprint density at radius 2 is 2.09 bits per heavy atom. The number of nitrogens with zero attached hydrogens (tertiary/aromatic N) is 3. The molecule has 0 saturated carbocycles. The van der Waals surface area contributed by atoms with Gasteiger partial charge >= 0.3 is 0 Å². The highest BCUT2D eigenvalue weighted by Gasteiger charge is 2.01. The van der Waals surface area contributed by atoms with Crippen molar-refractivity contribution in [3.05, 3.63) is 0 Å². The Morgan fingerprint density at radius 1 is 1.45 bits per heavy atom. The van der Waals surface area contributed by atoms with Crippen molar-refractivity contribution in [3.63, 3.8) is 0 Å². The van der Waals surface area contributed by atoms with E-state index in [0.29, 0.717) is 12.6 Å². The maximum Gasteiger partial charge on any atom is 0.149 e. The van der Waals surface area contributed by atoms with E-state index in [2.05, 4.69) is 20.5 Å². The minimum atomic E-state index is 0.340. The van der Waals surface area contributed by atoms with E-state index in [4.69, 9.17) is 0 Å². The first-order valence-corrected chi connectivity index (χ1v) is 3.71. The largest absolute Gasteiger partial charge is 0.301 e. The second-order valence-electron chi connectivity index (χ2n) is 2.48. The molecule has 0 atom stereocenters. The molecule has 0 aliphatic heterocycles. The van der Waals surface area contributed by atoms with Crippen LogP contribution in [0.5, 0.6) is 0 Å². The summed E-state index contributed by atoms with van der Waals surface area (Å²) in [6.45, 7) is 4.69. The van der Waals surface area contributed by atoms with Gasteiger partial charge in [0.05, 0.1) is 6.67 Å². The number of azo groups is 1. The van der Waals surface area contributed by atoms with Gasteiger partial charge < -0.3 is 5.32 Å². The molecule has 11 heavy (non-hydrogen) atoms. The van der Waals surface area contributed by atoms with Crippen LogP contribution in [0.1, 0.15) is 13.8 Å². The van der Waals surface area contributed by atoms with Crippen LogP contribution in [0.3, 0.4) is 0 Å². The van der Waals surface area contributed by atoms with Crippen molar-refractivity contribution in [3.8, 4) is 0 Å². The van der Waals surface area contributed by atoms with Crippen LogP contribution in [0.4, 0.5) is 0 Å². The predicted molar refractivity (Wildman–Crippen MR) is 47.0 cm³/mol. The average Bonchev–Trinajstić information content (AvgIpc) is 1.97. The van der Waals surface area contributed by atoms with E-state index in [1.807, 2.05) is 20.9 Å². The molecule has 0 aromatic heterocycles. The van der Waals surface area contributed by atoms with Gasteiger partial charge in [-0.25, -0.2) is 0 Å². The maximum atomic E-state index is 4.18. The standard InChI is InChI=1S/C7H16N4/c1-6(2)7(11-9-4)10-5-8-3/h6,8H,5H2,1-4H3. The van der Waals surface area contributed by atoms with Crippen molar-refractivity contribution in [2.45, 2.75) is 13.8 Å². The lowest BCUT2D eigenvalue weighted by Gasteiger charge is -2.01. The van der Waals surface area contributed by atoms with Crippen LogP contribution in [-0.2, 0) is 0 Å². The molecule has 4 heteroatoms. The van der Waals surface area contributed by atoms with Crippen molar-refractivity contribution in [1.29, 1.82) is 0 Å². The van der Waals surface area contributed by atoms with Crippen LogP contribution in [0.2, 0.25) is 0 Å². The fourth-order valence-electron chi connectivity index (χ4n) is 0.592. The second-order valence-corrected chi connectivity index (χ2v) is 2.48. The third-order valence-electron chi connectivity index (χ3n) is 1.12. The van der Waals surface area contributed by atoms with Gasteiger partial charge in [-0.3, -0.25) is 4.99 Å². The summed E-state index contributed by atoms with van der Waals surface area (Å²) < 4.78 is 0. The van der Waals surface area contributed by atoms with Crippen LogP contribution >= 0.6 is 0 Å². The molecular formula is C7H16N4. The Kier molecular flexibility index (Phi) is 5.56. The lowest BCUT2D eigenvalue weighted by Crippen LogP contribution is -2.11. The van der Waals surface area contributed by atoms with Gasteiger partial charge in [-0.1, -0.05) is 13.8 Å². The van der Waals surface area contributed by atoms with Gasteiger partial charge in [0.15, 0.2) is 0 Å². The molecule has 0 aliphatic carbocycles. The highest BCUT2D eigenvalue weighted by molar-refractivity contribution is 5.84. The molecule has 0 aromatic carbocycles. The maximum absolute atomic E-state index is 4.18. The van der Waals surface area contributed by atoms with Crippen LogP contribution in [0.25, 0.3) is 0 Å². The first kappa shape index (κ1) is 10.2. The highest BCUT2D eigenvalue weighted by atomic mass is 15.1. The molecule has 0 radical (unpaired) electrons. The number of nitrogens with one attached hydrogen (secondary N) is 1. The quantitative estimate of drug-likeness (QED) is 0.374. The molecule has 1 N–H and O–H groups in total. The van der Waals surface area contributed by atoms with Crippen LogP contribution in [0.15, 0.2) is 15.2 Å². The van der Waals surface area contributed by atoms with Gasteiger partial charge in [-0.15, -0.1) is 5.11 Å². The fourth-order valence-corrected chi connectivity index (χ4v) is 0.592. The zero-order valence-corrected chi connectivity index (χ0v) is 7.63. The van der Waals surface area contributed by atoms with Crippen LogP contribution in [-0.4, -0.2) is 26.6 Å². The third kappa shape index (κ3) is 4.61. The lowest BCUT2D eigenvalue weighted by atomic mass is 10.2. The Balaban J connectivity index is 4.08. The van der Waals surface area contributed by atoms with E-state index in [-0.39, 0.29) is 0 Å².